The number of aromatic carboxylic acids is 1. The standard InChI is InChI=1S/C20H14F2N2O3/c21-12-6-4-11(5-7-12)15-9-17(25)23-18-16(20(26)27)10-24(19(15)18)14-3-1-2-13(22)8-14/h1-8,10,15H,9H2,(H,23,25)(H,26,27)/t15-/m0/s1. The van der Waals surface area contributed by atoms with Crippen molar-refractivity contribution in [3.8, 4) is 5.69 Å². The van der Waals surface area contributed by atoms with Crippen LogP contribution < -0.4 is 5.32 Å². The number of nitrogens with one attached hydrogen (secondary N) is 1. The minimum atomic E-state index is -1.21. The van der Waals surface area contributed by atoms with E-state index in [0.29, 0.717) is 16.9 Å². The second-order valence-electron chi connectivity index (χ2n) is 6.31. The van der Waals surface area contributed by atoms with Gasteiger partial charge in [-0.2, -0.15) is 0 Å². The normalized spacial score (nSPS) is 15.9. The maximum atomic E-state index is 13.7. The number of amides is 1. The summed E-state index contributed by atoms with van der Waals surface area (Å²) in [6, 6.07) is 11.4. The Morgan fingerprint density at radius 3 is 2.52 bits per heavy atom. The Kier molecular flexibility index (Phi) is 3.99. The van der Waals surface area contributed by atoms with Gasteiger partial charge in [-0.15, -0.1) is 0 Å². The van der Waals surface area contributed by atoms with Gasteiger partial charge >= 0.3 is 5.97 Å². The number of carbonyl (C=O) groups excluding carboxylic acids is 1. The molecule has 0 spiro atoms. The third-order valence-corrected chi connectivity index (χ3v) is 4.62. The van der Waals surface area contributed by atoms with Gasteiger partial charge in [-0.05, 0) is 35.9 Å². The van der Waals surface area contributed by atoms with E-state index in [1.165, 1.54) is 36.5 Å². The van der Waals surface area contributed by atoms with Crippen LogP contribution in [-0.4, -0.2) is 21.6 Å². The van der Waals surface area contributed by atoms with Crippen LogP contribution in [0.25, 0.3) is 5.69 Å². The van der Waals surface area contributed by atoms with Crippen molar-refractivity contribution in [2.45, 2.75) is 12.3 Å². The van der Waals surface area contributed by atoms with Crippen molar-refractivity contribution >= 4 is 17.6 Å². The summed E-state index contributed by atoms with van der Waals surface area (Å²) in [7, 11) is 0. The van der Waals surface area contributed by atoms with E-state index >= 15 is 0 Å². The maximum Gasteiger partial charge on any atom is 0.339 e. The predicted octanol–water partition coefficient (Wildman–Crippen LogP) is 3.93. The lowest BCUT2D eigenvalue weighted by Crippen LogP contribution is -2.25. The van der Waals surface area contributed by atoms with Gasteiger partial charge in [0, 0.05) is 24.2 Å². The van der Waals surface area contributed by atoms with Crippen molar-refractivity contribution in [3.05, 3.63) is 83.2 Å². The summed E-state index contributed by atoms with van der Waals surface area (Å²) in [5, 5.41) is 12.2. The fraction of sp³-hybridized carbons (Fsp3) is 0.100. The molecule has 1 aliphatic heterocycles. The van der Waals surface area contributed by atoms with E-state index in [2.05, 4.69) is 5.32 Å². The van der Waals surface area contributed by atoms with Gasteiger partial charge in [0.1, 0.15) is 17.2 Å². The van der Waals surface area contributed by atoms with Crippen molar-refractivity contribution in [2.24, 2.45) is 0 Å². The molecule has 3 aromatic rings. The Hall–Kier alpha value is -3.48. The molecular formula is C20H14F2N2O3. The molecule has 0 radical (unpaired) electrons. The summed E-state index contributed by atoms with van der Waals surface area (Å²) in [5.41, 5.74) is 1.71. The Bertz CT molecular complexity index is 1060. The van der Waals surface area contributed by atoms with Crippen LogP contribution in [0.15, 0.2) is 54.7 Å². The van der Waals surface area contributed by atoms with Crippen LogP contribution >= 0.6 is 0 Å². The van der Waals surface area contributed by atoms with Gasteiger partial charge in [-0.3, -0.25) is 4.79 Å². The molecule has 1 aliphatic rings. The summed E-state index contributed by atoms with van der Waals surface area (Å²) >= 11 is 0. The molecule has 1 atom stereocenters. The number of carboxylic acids is 1. The van der Waals surface area contributed by atoms with Crippen molar-refractivity contribution < 1.29 is 23.5 Å². The molecule has 0 unspecified atom stereocenters. The highest BCUT2D eigenvalue weighted by Crippen LogP contribution is 2.41. The molecule has 0 aliphatic carbocycles. The number of nitrogens with zero attached hydrogens (tertiary/aromatic N) is 1. The van der Waals surface area contributed by atoms with Crippen LogP contribution in [0.4, 0.5) is 14.5 Å². The Morgan fingerprint density at radius 1 is 1.11 bits per heavy atom. The topological polar surface area (TPSA) is 71.3 Å². The van der Waals surface area contributed by atoms with Crippen LogP contribution in [0.2, 0.25) is 0 Å². The highest BCUT2D eigenvalue weighted by atomic mass is 19.1. The first-order valence-corrected chi connectivity index (χ1v) is 8.24. The number of halogens is 2. The first-order valence-electron chi connectivity index (χ1n) is 8.24. The van der Waals surface area contributed by atoms with E-state index in [4.69, 9.17) is 0 Å². The largest absolute Gasteiger partial charge is 0.478 e. The molecule has 136 valence electrons. The van der Waals surface area contributed by atoms with Gasteiger partial charge in [0.15, 0.2) is 0 Å². The number of hydrogen-bond acceptors (Lipinski definition) is 2. The third-order valence-electron chi connectivity index (χ3n) is 4.62. The monoisotopic (exact) mass is 368 g/mol. The second-order valence-corrected chi connectivity index (χ2v) is 6.31. The number of aromatic nitrogens is 1. The van der Waals surface area contributed by atoms with Crippen molar-refractivity contribution in [2.75, 3.05) is 5.32 Å². The van der Waals surface area contributed by atoms with Gasteiger partial charge in [-0.25, -0.2) is 13.6 Å². The molecule has 4 rings (SSSR count). The Labute approximate surface area is 152 Å². The van der Waals surface area contributed by atoms with Crippen molar-refractivity contribution in [1.82, 2.24) is 4.57 Å². The smallest absolute Gasteiger partial charge is 0.339 e. The number of benzene rings is 2. The molecule has 0 saturated carbocycles. The fourth-order valence-corrected chi connectivity index (χ4v) is 3.44. The number of rotatable bonds is 3. The summed E-state index contributed by atoms with van der Waals surface area (Å²) in [5.74, 6) is -2.92. The number of carboxylic acid groups (broad SMARTS) is 1. The first-order chi connectivity index (χ1) is 12.9. The van der Waals surface area contributed by atoms with E-state index in [-0.39, 0.29) is 23.6 Å². The number of carbonyl (C=O) groups is 2. The van der Waals surface area contributed by atoms with E-state index < -0.39 is 23.5 Å². The molecule has 27 heavy (non-hydrogen) atoms. The number of hydrogen-bond donors (Lipinski definition) is 2. The molecule has 1 amide bonds. The van der Waals surface area contributed by atoms with E-state index in [1.807, 2.05) is 0 Å². The third kappa shape index (κ3) is 2.97. The zero-order valence-electron chi connectivity index (χ0n) is 13.9. The van der Waals surface area contributed by atoms with E-state index in [1.54, 1.807) is 22.8 Å². The van der Waals surface area contributed by atoms with Crippen LogP contribution in [0.5, 0.6) is 0 Å². The maximum absolute atomic E-state index is 13.7. The zero-order chi connectivity index (χ0) is 19.1. The predicted molar refractivity (Wildman–Crippen MR) is 94.2 cm³/mol. The minimum absolute atomic E-state index is 0.0665. The lowest BCUT2D eigenvalue weighted by Gasteiger charge is -2.26. The molecule has 2 aromatic carbocycles. The quantitative estimate of drug-likeness (QED) is 0.736. The summed E-state index contributed by atoms with van der Waals surface area (Å²) in [6.07, 6.45) is 1.43. The summed E-state index contributed by atoms with van der Waals surface area (Å²) in [4.78, 5) is 23.9. The second kappa shape index (κ2) is 6.35. The molecule has 5 nitrogen and oxygen atoms in total. The average molecular weight is 368 g/mol. The molecule has 2 N–H and O–H groups in total. The van der Waals surface area contributed by atoms with Crippen molar-refractivity contribution in [1.29, 1.82) is 0 Å². The SMILES string of the molecule is O=C1C[C@@H](c2ccc(F)cc2)c2c(c(C(=O)O)cn2-c2cccc(F)c2)N1. The van der Waals surface area contributed by atoms with Gasteiger partial charge in [0.25, 0.3) is 0 Å². The molecule has 0 bridgehead atoms. The van der Waals surface area contributed by atoms with Gasteiger partial charge in [-0.1, -0.05) is 18.2 Å². The van der Waals surface area contributed by atoms with Crippen LogP contribution in [0.1, 0.15) is 34.0 Å². The fourth-order valence-electron chi connectivity index (χ4n) is 3.44. The Morgan fingerprint density at radius 2 is 1.85 bits per heavy atom. The lowest BCUT2D eigenvalue weighted by atomic mass is 9.88. The van der Waals surface area contributed by atoms with Crippen LogP contribution in [0, 0.1) is 11.6 Å². The first kappa shape index (κ1) is 17.0. The minimum Gasteiger partial charge on any atom is -0.478 e. The van der Waals surface area contributed by atoms with Gasteiger partial charge in [0.05, 0.1) is 11.4 Å². The van der Waals surface area contributed by atoms with Gasteiger partial charge < -0.3 is 15.0 Å². The zero-order valence-corrected chi connectivity index (χ0v) is 13.9. The Balaban J connectivity index is 1.97. The highest BCUT2D eigenvalue weighted by molar-refractivity contribution is 6.04. The highest BCUT2D eigenvalue weighted by Gasteiger charge is 2.34. The molecule has 1 aromatic heterocycles. The summed E-state index contributed by atoms with van der Waals surface area (Å²) in [6.45, 7) is 0. The molecule has 2 heterocycles. The molecule has 0 fully saturated rings. The van der Waals surface area contributed by atoms with E-state index in [9.17, 15) is 23.5 Å². The van der Waals surface area contributed by atoms with E-state index in [0.717, 1.165) is 0 Å². The summed E-state index contributed by atoms with van der Waals surface area (Å²) < 4.78 is 28.6. The van der Waals surface area contributed by atoms with Gasteiger partial charge in [0.2, 0.25) is 5.91 Å². The average Bonchev–Trinajstić information content (AvgIpc) is 3.01. The number of fused-ring (bicyclic) bond motifs is 1. The van der Waals surface area contributed by atoms with Crippen LogP contribution in [0.3, 0.4) is 0 Å². The molecule has 7 heteroatoms. The lowest BCUT2D eigenvalue weighted by molar-refractivity contribution is -0.116. The molecular weight excluding hydrogens is 354 g/mol. The van der Waals surface area contributed by atoms with Crippen LogP contribution in [-0.2, 0) is 4.79 Å². The molecule has 0 saturated heterocycles. The number of anilines is 1. The van der Waals surface area contributed by atoms with Crippen molar-refractivity contribution in [3.63, 3.8) is 0 Å².